The van der Waals surface area contributed by atoms with E-state index >= 15 is 0 Å². The maximum Gasteiger partial charge on any atom is 0.416 e. The van der Waals surface area contributed by atoms with Crippen molar-refractivity contribution in [2.45, 2.75) is 68.9 Å². The molecular formula is C27H31F3N4O4S2. The molecule has 0 aliphatic heterocycles. The van der Waals surface area contributed by atoms with Crippen LogP contribution in [0.1, 0.15) is 78.9 Å². The molecule has 1 fully saturated rings. The molecule has 1 heterocycles. The monoisotopic (exact) mass is 596 g/mol. The number of carbonyl (C=O) groups excluding carboxylic acids is 1. The summed E-state index contributed by atoms with van der Waals surface area (Å²) in [6, 6.07) is 9.35. The molecule has 1 saturated carbocycles. The SMILES string of the molecule is CCOc1cc(C(F)(F)F)ccc1C(=O)NCC1(c2ccc(S(=O)(=O)Nc3nnc(C(C)C)s3)cc2)CCCC1. The van der Waals surface area contributed by atoms with Gasteiger partial charge in [0.05, 0.1) is 22.6 Å². The van der Waals surface area contributed by atoms with Crippen LogP contribution in [0.2, 0.25) is 0 Å². The molecule has 216 valence electrons. The molecule has 0 spiro atoms. The highest BCUT2D eigenvalue weighted by Crippen LogP contribution is 2.41. The van der Waals surface area contributed by atoms with E-state index < -0.39 is 33.1 Å². The number of aromatic nitrogens is 2. The van der Waals surface area contributed by atoms with E-state index in [1.807, 2.05) is 13.8 Å². The zero-order chi connectivity index (χ0) is 29.1. The molecule has 0 atom stereocenters. The lowest BCUT2D eigenvalue weighted by Crippen LogP contribution is -2.39. The molecule has 3 aromatic rings. The van der Waals surface area contributed by atoms with E-state index in [-0.39, 0.29) is 40.4 Å². The number of alkyl halides is 3. The number of halogens is 3. The summed E-state index contributed by atoms with van der Waals surface area (Å²) >= 11 is 1.18. The number of carbonyl (C=O) groups is 1. The molecule has 1 aromatic heterocycles. The van der Waals surface area contributed by atoms with Crippen molar-refractivity contribution >= 4 is 32.4 Å². The van der Waals surface area contributed by atoms with E-state index in [1.54, 1.807) is 19.1 Å². The van der Waals surface area contributed by atoms with Crippen LogP contribution in [0.15, 0.2) is 47.4 Å². The Hall–Kier alpha value is -3.19. The Kier molecular flexibility index (Phi) is 8.74. The van der Waals surface area contributed by atoms with E-state index in [2.05, 4.69) is 20.2 Å². The van der Waals surface area contributed by atoms with Gasteiger partial charge >= 0.3 is 6.18 Å². The summed E-state index contributed by atoms with van der Waals surface area (Å²) in [5.41, 5.74) is -0.433. The first-order valence-electron chi connectivity index (χ1n) is 12.9. The van der Waals surface area contributed by atoms with Gasteiger partial charge in [-0.2, -0.15) is 13.2 Å². The Morgan fingerprint density at radius 3 is 2.35 bits per heavy atom. The maximum absolute atomic E-state index is 13.2. The van der Waals surface area contributed by atoms with Crippen LogP contribution in [0.5, 0.6) is 5.75 Å². The summed E-state index contributed by atoms with van der Waals surface area (Å²) in [4.78, 5) is 13.1. The maximum atomic E-state index is 13.2. The summed E-state index contributed by atoms with van der Waals surface area (Å²) in [6.45, 7) is 5.87. The van der Waals surface area contributed by atoms with Gasteiger partial charge in [0.25, 0.3) is 15.9 Å². The minimum atomic E-state index is -4.56. The zero-order valence-electron chi connectivity index (χ0n) is 22.3. The lowest BCUT2D eigenvalue weighted by Gasteiger charge is -2.30. The first-order chi connectivity index (χ1) is 18.8. The molecule has 2 N–H and O–H groups in total. The van der Waals surface area contributed by atoms with E-state index in [9.17, 15) is 26.4 Å². The lowest BCUT2D eigenvalue weighted by molar-refractivity contribution is -0.137. The van der Waals surface area contributed by atoms with Crippen molar-refractivity contribution in [2.24, 2.45) is 0 Å². The van der Waals surface area contributed by atoms with Gasteiger partial charge < -0.3 is 10.1 Å². The number of benzene rings is 2. The van der Waals surface area contributed by atoms with Gasteiger partial charge in [-0.3, -0.25) is 9.52 Å². The first kappa shape index (κ1) is 29.8. The number of hydrogen-bond acceptors (Lipinski definition) is 7. The van der Waals surface area contributed by atoms with Crippen LogP contribution in [0, 0.1) is 0 Å². The smallest absolute Gasteiger partial charge is 0.416 e. The van der Waals surface area contributed by atoms with Crippen molar-refractivity contribution in [1.29, 1.82) is 0 Å². The average molecular weight is 597 g/mol. The topological polar surface area (TPSA) is 110 Å². The molecule has 13 heteroatoms. The van der Waals surface area contributed by atoms with Crippen LogP contribution in [0.3, 0.4) is 0 Å². The van der Waals surface area contributed by atoms with Gasteiger partial charge in [0.15, 0.2) is 0 Å². The molecule has 0 saturated heterocycles. The predicted molar refractivity (Wildman–Crippen MR) is 146 cm³/mol. The number of hydrogen-bond donors (Lipinski definition) is 2. The normalized spacial score (nSPS) is 15.3. The van der Waals surface area contributed by atoms with Crippen LogP contribution in [-0.4, -0.2) is 37.7 Å². The number of rotatable bonds is 10. The molecule has 8 nitrogen and oxygen atoms in total. The highest BCUT2D eigenvalue weighted by molar-refractivity contribution is 7.93. The number of nitrogens with one attached hydrogen (secondary N) is 2. The second kappa shape index (κ2) is 11.7. The average Bonchev–Trinajstić information content (AvgIpc) is 3.57. The molecular weight excluding hydrogens is 565 g/mol. The molecule has 4 rings (SSSR count). The van der Waals surface area contributed by atoms with Gasteiger partial charge in [-0.1, -0.05) is 50.2 Å². The van der Waals surface area contributed by atoms with E-state index in [0.29, 0.717) is 0 Å². The van der Waals surface area contributed by atoms with Gasteiger partial charge in [0, 0.05) is 17.9 Å². The number of ether oxygens (including phenoxy) is 1. The molecule has 1 aliphatic carbocycles. The number of nitrogens with zero attached hydrogens (tertiary/aromatic N) is 2. The van der Waals surface area contributed by atoms with Crippen LogP contribution in [-0.2, 0) is 21.6 Å². The standard InChI is InChI=1S/C27H31F3N4O4S2/c1-4-38-22-15-19(27(28,29)30)9-12-21(22)23(35)31-16-26(13-5-6-14-26)18-7-10-20(11-8-18)40(36,37)34-25-33-32-24(39-25)17(2)3/h7-12,15,17H,4-6,13-14,16H2,1-3H3,(H,31,35)(H,33,34). The van der Waals surface area contributed by atoms with Crippen molar-refractivity contribution in [2.75, 3.05) is 17.9 Å². The second-order valence-electron chi connectivity index (χ2n) is 10.0. The minimum Gasteiger partial charge on any atom is -0.493 e. The number of sulfonamides is 1. The minimum absolute atomic E-state index is 0.0211. The van der Waals surface area contributed by atoms with E-state index in [0.717, 1.165) is 54.5 Å². The van der Waals surface area contributed by atoms with Gasteiger partial charge in [-0.15, -0.1) is 10.2 Å². The molecule has 2 aromatic carbocycles. The van der Waals surface area contributed by atoms with Crippen molar-refractivity contribution in [3.05, 3.63) is 64.2 Å². The number of amides is 1. The van der Waals surface area contributed by atoms with Crippen molar-refractivity contribution in [1.82, 2.24) is 15.5 Å². The third-order valence-corrected chi connectivity index (χ3v) is 9.56. The Bertz CT molecular complexity index is 1450. The highest BCUT2D eigenvalue weighted by Gasteiger charge is 2.37. The fraction of sp³-hybridized carbons (Fsp3) is 0.444. The van der Waals surface area contributed by atoms with Crippen molar-refractivity contribution < 1.29 is 31.1 Å². The summed E-state index contributed by atoms with van der Waals surface area (Å²) < 4.78 is 73.2. The quantitative estimate of drug-likeness (QED) is 0.292. The number of anilines is 1. The summed E-state index contributed by atoms with van der Waals surface area (Å²) in [7, 11) is -3.88. The van der Waals surface area contributed by atoms with Gasteiger partial charge in [-0.25, -0.2) is 8.42 Å². The lowest BCUT2D eigenvalue weighted by atomic mass is 9.79. The third kappa shape index (κ3) is 6.57. The van der Waals surface area contributed by atoms with Crippen LogP contribution in [0.4, 0.5) is 18.3 Å². The summed E-state index contributed by atoms with van der Waals surface area (Å²) in [5.74, 6) is -0.541. The van der Waals surface area contributed by atoms with E-state index in [4.69, 9.17) is 4.74 Å². The Morgan fingerprint density at radius 2 is 1.77 bits per heavy atom. The highest BCUT2D eigenvalue weighted by atomic mass is 32.2. The molecule has 1 aliphatic rings. The Morgan fingerprint density at radius 1 is 1.10 bits per heavy atom. The van der Waals surface area contributed by atoms with Crippen LogP contribution in [0.25, 0.3) is 0 Å². The molecule has 0 bridgehead atoms. The zero-order valence-corrected chi connectivity index (χ0v) is 24.0. The van der Waals surface area contributed by atoms with Gasteiger partial charge in [0.1, 0.15) is 10.8 Å². The summed E-state index contributed by atoms with van der Waals surface area (Å²) in [5, 5.41) is 11.7. The summed E-state index contributed by atoms with van der Waals surface area (Å²) in [6.07, 6.45) is -1.16. The predicted octanol–water partition coefficient (Wildman–Crippen LogP) is 6.12. The Balaban J connectivity index is 1.51. The second-order valence-corrected chi connectivity index (χ2v) is 12.7. The molecule has 0 unspecified atom stereocenters. The van der Waals surface area contributed by atoms with Crippen LogP contribution >= 0.6 is 11.3 Å². The fourth-order valence-electron chi connectivity index (χ4n) is 4.80. The van der Waals surface area contributed by atoms with Crippen LogP contribution < -0.4 is 14.8 Å². The fourth-order valence-corrected chi connectivity index (χ4v) is 6.77. The third-order valence-electron chi connectivity index (χ3n) is 6.93. The molecule has 0 radical (unpaired) electrons. The van der Waals surface area contributed by atoms with Gasteiger partial charge in [0.2, 0.25) is 5.13 Å². The van der Waals surface area contributed by atoms with Crippen molar-refractivity contribution in [3.8, 4) is 5.75 Å². The van der Waals surface area contributed by atoms with Crippen molar-refractivity contribution in [3.63, 3.8) is 0 Å². The molecule has 1 amide bonds. The first-order valence-corrected chi connectivity index (χ1v) is 15.2. The largest absolute Gasteiger partial charge is 0.493 e. The molecule has 40 heavy (non-hydrogen) atoms. The Labute approximate surface area is 235 Å². The van der Waals surface area contributed by atoms with E-state index in [1.165, 1.54) is 23.5 Å². The van der Waals surface area contributed by atoms with Gasteiger partial charge in [-0.05, 0) is 55.7 Å².